The molecule has 1 unspecified atom stereocenters. The van der Waals surface area contributed by atoms with Crippen molar-refractivity contribution in [3.63, 3.8) is 0 Å². The highest BCUT2D eigenvalue weighted by molar-refractivity contribution is 5.79. The van der Waals surface area contributed by atoms with Gasteiger partial charge in [-0.2, -0.15) is 0 Å². The molecule has 0 saturated carbocycles. The van der Waals surface area contributed by atoms with Crippen LogP contribution in [0.2, 0.25) is 0 Å². The van der Waals surface area contributed by atoms with Crippen molar-refractivity contribution in [2.24, 2.45) is 0 Å². The number of carboxylic acid groups (broad SMARTS) is 1. The lowest BCUT2D eigenvalue weighted by Gasteiger charge is -2.11. The number of carboxylic acids is 1. The Balaban J connectivity index is 3.53. The summed E-state index contributed by atoms with van der Waals surface area (Å²) in [5, 5.41) is 28.1. The molecule has 0 fully saturated rings. The zero-order valence-corrected chi connectivity index (χ0v) is 10.1. The van der Waals surface area contributed by atoms with Crippen molar-refractivity contribution >= 4 is 12.1 Å². The van der Waals surface area contributed by atoms with E-state index in [1.165, 1.54) is 0 Å². The standard InChI is InChI=1S/C9H16N2O8/c12-6-7(8(13)14)10-9(15)18-4-2-1-3-5-19-11(16)17/h7,12H,1-6H2,(H,10,15)(H,13,14). The number of ether oxygens (including phenoxy) is 1. The van der Waals surface area contributed by atoms with Crippen LogP contribution in [0.5, 0.6) is 0 Å². The van der Waals surface area contributed by atoms with E-state index in [0.29, 0.717) is 19.3 Å². The van der Waals surface area contributed by atoms with Crippen LogP contribution in [-0.2, 0) is 14.4 Å². The summed E-state index contributed by atoms with van der Waals surface area (Å²) in [6.45, 7) is -0.713. The number of carbonyl (C=O) groups is 2. The summed E-state index contributed by atoms with van der Waals surface area (Å²) in [6, 6.07) is -1.40. The summed E-state index contributed by atoms with van der Waals surface area (Å²) in [5.74, 6) is -1.36. The summed E-state index contributed by atoms with van der Waals surface area (Å²) in [6.07, 6.45) is 0.526. The smallest absolute Gasteiger partial charge is 0.407 e. The zero-order valence-electron chi connectivity index (χ0n) is 10.1. The Morgan fingerprint density at radius 3 is 2.42 bits per heavy atom. The summed E-state index contributed by atoms with van der Waals surface area (Å²) < 4.78 is 4.65. The topological polar surface area (TPSA) is 148 Å². The molecule has 10 nitrogen and oxygen atoms in total. The van der Waals surface area contributed by atoms with Crippen LogP contribution >= 0.6 is 0 Å². The second-order valence-electron chi connectivity index (χ2n) is 3.47. The van der Waals surface area contributed by atoms with Gasteiger partial charge in [-0.3, -0.25) is 0 Å². The lowest BCUT2D eigenvalue weighted by atomic mass is 10.2. The Kier molecular flexibility index (Phi) is 8.79. The highest BCUT2D eigenvalue weighted by atomic mass is 16.9. The first-order chi connectivity index (χ1) is 8.97. The van der Waals surface area contributed by atoms with Gasteiger partial charge >= 0.3 is 12.1 Å². The molecule has 19 heavy (non-hydrogen) atoms. The van der Waals surface area contributed by atoms with Gasteiger partial charge in [-0.05, 0) is 19.3 Å². The molecule has 0 aliphatic heterocycles. The first-order valence-corrected chi connectivity index (χ1v) is 5.51. The van der Waals surface area contributed by atoms with Gasteiger partial charge in [-0.15, -0.1) is 10.1 Å². The zero-order chi connectivity index (χ0) is 14.7. The van der Waals surface area contributed by atoms with Gasteiger partial charge < -0.3 is 25.1 Å². The normalized spacial score (nSPS) is 11.4. The van der Waals surface area contributed by atoms with Gasteiger partial charge in [-0.1, -0.05) is 0 Å². The third kappa shape index (κ3) is 9.59. The van der Waals surface area contributed by atoms with Crippen LogP contribution in [0.3, 0.4) is 0 Å². The van der Waals surface area contributed by atoms with Gasteiger partial charge in [0.25, 0.3) is 5.09 Å². The van der Waals surface area contributed by atoms with Crippen LogP contribution in [0.1, 0.15) is 19.3 Å². The number of hydrogen-bond donors (Lipinski definition) is 3. The Hall–Kier alpha value is -2.10. The van der Waals surface area contributed by atoms with E-state index in [1.807, 2.05) is 5.32 Å². The molecule has 0 aromatic rings. The minimum atomic E-state index is -1.40. The fourth-order valence-corrected chi connectivity index (χ4v) is 1.05. The SMILES string of the molecule is O=C(NC(CO)C(=O)O)OCCCCCO[N+](=O)[O-]. The fraction of sp³-hybridized carbons (Fsp3) is 0.778. The van der Waals surface area contributed by atoms with Crippen LogP contribution < -0.4 is 5.32 Å². The maximum atomic E-state index is 11.1. The summed E-state index contributed by atoms with van der Waals surface area (Å²) in [5.41, 5.74) is 0. The second kappa shape index (κ2) is 9.88. The predicted octanol–water partition coefficient (Wildman–Crippen LogP) is -0.463. The van der Waals surface area contributed by atoms with Crippen LogP contribution in [-0.4, -0.2) is 53.2 Å². The lowest BCUT2D eigenvalue weighted by Crippen LogP contribution is -2.43. The first kappa shape index (κ1) is 16.9. The average Bonchev–Trinajstić information content (AvgIpc) is 2.34. The molecule has 0 heterocycles. The Morgan fingerprint density at radius 1 is 1.26 bits per heavy atom. The molecule has 0 aromatic heterocycles. The van der Waals surface area contributed by atoms with Crippen molar-refractivity contribution < 1.29 is 34.5 Å². The van der Waals surface area contributed by atoms with E-state index in [0.717, 1.165) is 0 Å². The largest absolute Gasteiger partial charge is 0.480 e. The van der Waals surface area contributed by atoms with Gasteiger partial charge in [0.1, 0.15) is 0 Å². The van der Waals surface area contributed by atoms with E-state index in [4.69, 9.17) is 10.2 Å². The Labute approximate surface area is 108 Å². The van der Waals surface area contributed by atoms with E-state index in [2.05, 4.69) is 9.57 Å². The molecule has 0 radical (unpaired) electrons. The molecule has 0 aliphatic rings. The molecule has 0 bridgehead atoms. The molecule has 0 aliphatic carbocycles. The van der Waals surface area contributed by atoms with Crippen LogP contribution in [0.25, 0.3) is 0 Å². The number of hydrogen-bond acceptors (Lipinski definition) is 7. The number of alkyl carbamates (subject to hydrolysis) is 1. The van der Waals surface area contributed by atoms with Crippen molar-refractivity contribution in [2.45, 2.75) is 25.3 Å². The molecule has 110 valence electrons. The van der Waals surface area contributed by atoms with Gasteiger partial charge in [0.2, 0.25) is 0 Å². The predicted molar refractivity (Wildman–Crippen MR) is 59.8 cm³/mol. The Morgan fingerprint density at radius 2 is 1.89 bits per heavy atom. The molecule has 0 saturated heterocycles. The van der Waals surface area contributed by atoms with E-state index in [9.17, 15) is 19.7 Å². The molecule has 1 amide bonds. The number of amides is 1. The van der Waals surface area contributed by atoms with Gasteiger partial charge in [0.15, 0.2) is 6.04 Å². The highest BCUT2D eigenvalue weighted by Gasteiger charge is 2.19. The highest BCUT2D eigenvalue weighted by Crippen LogP contribution is 1.97. The van der Waals surface area contributed by atoms with Crippen LogP contribution in [0.4, 0.5) is 4.79 Å². The Bertz CT molecular complexity index is 309. The number of carbonyl (C=O) groups excluding carboxylic acids is 1. The van der Waals surface area contributed by atoms with Crippen molar-refractivity contribution in [1.82, 2.24) is 5.32 Å². The molecule has 0 spiro atoms. The summed E-state index contributed by atoms with van der Waals surface area (Å²) in [4.78, 5) is 35.4. The van der Waals surface area contributed by atoms with Crippen molar-refractivity contribution in [3.05, 3.63) is 10.1 Å². The number of aliphatic carboxylic acids is 1. The van der Waals surface area contributed by atoms with E-state index in [1.54, 1.807) is 0 Å². The molecule has 0 rings (SSSR count). The van der Waals surface area contributed by atoms with Crippen LogP contribution in [0, 0.1) is 10.1 Å². The fourth-order valence-electron chi connectivity index (χ4n) is 1.05. The molecule has 0 aromatic carbocycles. The third-order valence-corrected chi connectivity index (χ3v) is 1.99. The second-order valence-corrected chi connectivity index (χ2v) is 3.47. The van der Waals surface area contributed by atoms with Gasteiger partial charge in [0.05, 0.1) is 19.8 Å². The van der Waals surface area contributed by atoms with Gasteiger partial charge in [0, 0.05) is 0 Å². The van der Waals surface area contributed by atoms with Crippen molar-refractivity contribution in [2.75, 3.05) is 19.8 Å². The molecule has 10 heteroatoms. The minimum Gasteiger partial charge on any atom is -0.480 e. The maximum absolute atomic E-state index is 11.1. The van der Waals surface area contributed by atoms with E-state index >= 15 is 0 Å². The summed E-state index contributed by atoms with van der Waals surface area (Å²) >= 11 is 0. The number of unbranched alkanes of at least 4 members (excludes halogenated alkanes) is 2. The molecular weight excluding hydrogens is 264 g/mol. The van der Waals surface area contributed by atoms with E-state index < -0.39 is 29.8 Å². The van der Waals surface area contributed by atoms with Crippen molar-refractivity contribution in [3.8, 4) is 0 Å². The number of nitrogens with zero attached hydrogens (tertiary/aromatic N) is 1. The lowest BCUT2D eigenvalue weighted by molar-refractivity contribution is -0.757. The number of nitrogens with one attached hydrogen (secondary N) is 1. The number of rotatable bonds is 10. The number of aliphatic hydroxyl groups excluding tert-OH is 1. The molecule has 3 N–H and O–H groups in total. The van der Waals surface area contributed by atoms with Crippen LogP contribution in [0.15, 0.2) is 0 Å². The van der Waals surface area contributed by atoms with Crippen molar-refractivity contribution in [1.29, 1.82) is 0 Å². The first-order valence-electron chi connectivity index (χ1n) is 5.51. The minimum absolute atomic E-state index is 0.0230. The average molecular weight is 280 g/mol. The third-order valence-electron chi connectivity index (χ3n) is 1.99. The molecular formula is C9H16N2O8. The maximum Gasteiger partial charge on any atom is 0.407 e. The van der Waals surface area contributed by atoms with E-state index in [-0.39, 0.29) is 13.2 Å². The summed E-state index contributed by atoms with van der Waals surface area (Å²) in [7, 11) is 0. The van der Waals surface area contributed by atoms with Gasteiger partial charge in [-0.25, -0.2) is 9.59 Å². The number of aliphatic hydroxyl groups is 1. The molecule has 1 atom stereocenters. The monoisotopic (exact) mass is 280 g/mol. The quantitative estimate of drug-likeness (QED) is 0.276.